The van der Waals surface area contributed by atoms with E-state index in [0.29, 0.717) is 37.7 Å². The predicted octanol–water partition coefficient (Wildman–Crippen LogP) is 5.13. The van der Waals surface area contributed by atoms with Crippen LogP contribution < -0.4 is 14.5 Å². The van der Waals surface area contributed by atoms with Crippen LogP contribution in [0.2, 0.25) is 5.02 Å². The van der Waals surface area contributed by atoms with Crippen LogP contribution in [0.4, 0.5) is 11.5 Å². The van der Waals surface area contributed by atoms with Gasteiger partial charge in [0.1, 0.15) is 12.4 Å². The van der Waals surface area contributed by atoms with Crippen LogP contribution in [0.15, 0.2) is 36.4 Å². The van der Waals surface area contributed by atoms with Gasteiger partial charge in [0.25, 0.3) is 0 Å². The summed E-state index contributed by atoms with van der Waals surface area (Å²) in [6, 6.07) is 16.3. The highest BCUT2D eigenvalue weighted by Crippen LogP contribution is 2.37. The molecule has 3 aromatic rings. The number of piperazine rings is 1. The summed E-state index contributed by atoms with van der Waals surface area (Å²) in [5, 5.41) is 12.6. The van der Waals surface area contributed by atoms with Crippen LogP contribution in [0.3, 0.4) is 0 Å². The lowest BCUT2D eigenvalue weighted by Gasteiger charge is -2.44. The number of likely N-dealkylation sites (tertiary alicyclic amines) is 1. The second kappa shape index (κ2) is 12.0. The molecule has 0 aliphatic carbocycles. The molecule has 2 aromatic carbocycles. The predicted molar refractivity (Wildman–Crippen MR) is 165 cm³/mol. The van der Waals surface area contributed by atoms with E-state index in [0.717, 1.165) is 78.6 Å². The Morgan fingerprint density at radius 3 is 2.63 bits per heavy atom. The Balaban J connectivity index is 1.34. The molecule has 0 radical (unpaired) electrons. The summed E-state index contributed by atoms with van der Waals surface area (Å²) in [5.41, 5.74) is 3.35. The van der Waals surface area contributed by atoms with Gasteiger partial charge in [0, 0.05) is 60.9 Å². The van der Waals surface area contributed by atoms with Crippen molar-refractivity contribution in [2.45, 2.75) is 64.2 Å². The Labute approximate surface area is 248 Å². The summed E-state index contributed by atoms with van der Waals surface area (Å²) in [7, 11) is 2.16. The van der Waals surface area contributed by atoms with Crippen LogP contribution in [0.25, 0.3) is 10.8 Å². The molecule has 6 rings (SSSR count). The minimum atomic E-state index is 0.175. The molecule has 3 aliphatic heterocycles. The first-order chi connectivity index (χ1) is 19.9. The van der Waals surface area contributed by atoms with Crippen LogP contribution in [-0.2, 0) is 13.0 Å². The first-order valence-corrected chi connectivity index (χ1v) is 15.3. The zero-order valence-corrected chi connectivity index (χ0v) is 25.1. The number of nitriles is 1. The number of fused-ring (bicyclic) bond motifs is 2. The van der Waals surface area contributed by atoms with E-state index in [2.05, 4.69) is 70.8 Å². The van der Waals surface area contributed by atoms with E-state index in [1.165, 1.54) is 12.0 Å². The first kappa shape index (κ1) is 28.0. The van der Waals surface area contributed by atoms with Gasteiger partial charge >= 0.3 is 6.01 Å². The smallest absolute Gasteiger partial charge is 0.318 e. The fourth-order valence-corrected chi connectivity index (χ4v) is 7.13. The molecule has 2 fully saturated rings. The molecular weight excluding hydrogens is 534 g/mol. The molecular formula is C32H40ClN7O. The van der Waals surface area contributed by atoms with E-state index in [9.17, 15) is 5.26 Å². The highest BCUT2D eigenvalue weighted by Gasteiger charge is 2.33. The van der Waals surface area contributed by atoms with E-state index in [1.54, 1.807) is 0 Å². The summed E-state index contributed by atoms with van der Waals surface area (Å²) in [6.45, 7) is 10.2. The molecule has 0 spiro atoms. The highest BCUT2D eigenvalue weighted by atomic mass is 35.5. The molecule has 0 unspecified atom stereocenters. The minimum absolute atomic E-state index is 0.175. The lowest BCUT2D eigenvalue weighted by atomic mass is 10.0. The number of ether oxygens (including phenoxy) is 1. The third-order valence-electron chi connectivity index (χ3n) is 9.09. The molecule has 0 amide bonds. The third-order valence-corrected chi connectivity index (χ3v) is 9.40. The van der Waals surface area contributed by atoms with Crippen molar-refractivity contribution in [3.05, 3.63) is 52.7 Å². The van der Waals surface area contributed by atoms with Crippen LogP contribution in [-0.4, -0.2) is 84.3 Å². The number of hydrogen-bond donors (Lipinski definition) is 0. The van der Waals surface area contributed by atoms with Crippen molar-refractivity contribution in [3.8, 4) is 12.1 Å². The van der Waals surface area contributed by atoms with Gasteiger partial charge in [0.2, 0.25) is 0 Å². The topological polar surface area (TPSA) is 71.8 Å². The summed E-state index contributed by atoms with van der Waals surface area (Å²) in [4.78, 5) is 19.6. The normalized spacial score (nSPS) is 21.9. The van der Waals surface area contributed by atoms with E-state index < -0.39 is 0 Å². The lowest BCUT2D eigenvalue weighted by molar-refractivity contribution is 0.138. The number of anilines is 2. The van der Waals surface area contributed by atoms with Crippen molar-refractivity contribution < 1.29 is 4.74 Å². The largest absolute Gasteiger partial charge is 0.462 e. The first-order valence-electron chi connectivity index (χ1n) is 15.0. The number of halogens is 1. The van der Waals surface area contributed by atoms with Gasteiger partial charge in [-0.25, -0.2) is 0 Å². The monoisotopic (exact) mass is 573 g/mol. The average Bonchev–Trinajstić information content (AvgIpc) is 3.39. The summed E-state index contributed by atoms with van der Waals surface area (Å²) < 4.78 is 6.33. The Morgan fingerprint density at radius 1 is 1.05 bits per heavy atom. The van der Waals surface area contributed by atoms with Gasteiger partial charge in [-0.05, 0) is 64.2 Å². The zero-order valence-electron chi connectivity index (χ0n) is 24.4. The van der Waals surface area contributed by atoms with Crippen molar-refractivity contribution in [1.82, 2.24) is 19.8 Å². The molecule has 3 aliphatic rings. The number of aromatic nitrogens is 2. The van der Waals surface area contributed by atoms with Crippen molar-refractivity contribution in [2.75, 3.05) is 56.2 Å². The minimum Gasteiger partial charge on any atom is -0.462 e. The quantitative estimate of drug-likeness (QED) is 0.385. The van der Waals surface area contributed by atoms with Crippen molar-refractivity contribution in [2.24, 2.45) is 0 Å². The van der Waals surface area contributed by atoms with Crippen molar-refractivity contribution >= 4 is 33.9 Å². The fraction of sp³-hybridized carbons (Fsp3) is 0.531. The Bertz CT molecular complexity index is 1430. The van der Waals surface area contributed by atoms with Gasteiger partial charge in [0.15, 0.2) is 0 Å². The van der Waals surface area contributed by atoms with Crippen LogP contribution in [0.5, 0.6) is 6.01 Å². The Hall–Kier alpha value is -3.12. The molecule has 0 saturated carbocycles. The maximum Gasteiger partial charge on any atom is 0.318 e. The molecule has 0 bridgehead atoms. The fourth-order valence-electron chi connectivity index (χ4n) is 6.85. The third kappa shape index (κ3) is 5.68. The molecule has 41 heavy (non-hydrogen) atoms. The maximum absolute atomic E-state index is 9.58. The summed E-state index contributed by atoms with van der Waals surface area (Å²) in [6.07, 6.45) is 3.68. The number of likely N-dealkylation sites (N-methyl/N-ethyl adjacent to an activating group) is 1. The summed E-state index contributed by atoms with van der Waals surface area (Å²) in [5.74, 6) is 0.978. The SMILES string of the molecule is CC(C)N1CCN(c2nc(OC[C@H]3CCCN3C)nc3c2CCN(c2cccc4cccc(Cl)c24)C3)C[C@H]1CC#N. The molecule has 4 heterocycles. The van der Waals surface area contributed by atoms with Gasteiger partial charge in [-0.2, -0.15) is 15.2 Å². The standard InChI is InChI=1S/C32H40ClN7O/c1-22(2)40-18-17-39(19-24(40)12-14-34)31-26-13-16-38(29-11-5-8-23-7-4-10-27(33)30(23)29)20-28(26)35-32(36-31)41-21-25-9-6-15-37(25)3/h4-5,7-8,10-11,22,24-25H,6,9,12-13,15-21H2,1-3H3/t24-,25-/m1/s1. The molecule has 0 N–H and O–H groups in total. The number of rotatable bonds is 7. The van der Waals surface area contributed by atoms with Gasteiger partial charge in [-0.15, -0.1) is 0 Å². The zero-order chi connectivity index (χ0) is 28.5. The van der Waals surface area contributed by atoms with E-state index in [4.69, 9.17) is 26.3 Å². The number of hydrogen-bond acceptors (Lipinski definition) is 8. The van der Waals surface area contributed by atoms with E-state index in [-0.39, 0.29) is 6.04 Å². The van der Waals surface area contributed by atoms with Crippen LogP contribution in [0, 0.1) is 11.3 Å². The number of benzene rings is 2. The Kier molecular flexibility index (Phi) is 8.21. The van der Waals surface area contributed by atoms with Crippen molar-refractivity contribution in [1.29, 1.82) is 5.26 Å². The summed E-state index contributed by atoms with van der Waals surface area (Å²) >= 11 is 6.71. The highest BCUT2D eigenvalue weighted by molar-refractivity contribution is 6.36. The maximum atomic E-state index is 9.58. The molecule has 9 heteroatoms. The van der Waals surface area contributed by atoms with Gasteiger partial charge < -0.3 is 19.4 Å². The second-order valence-electron chi connectivity index (χ2n) is 11.9. The van der Waals surface area contributed by atoms with Crippen LogP contribution in [0.1, 0.15) is 44.4 Å². The van der Waals surface area contributed by atoms with Crippen LogP contribution >= 0.6 is 11.6 Å². The molecule has 1 aromatic heterocycles. The molecule has 8 nitrogen and oxygen atoms in total. The average molecular weight is 574 g/mol. The van der Waals surface area contributed by atoms with E-state index >= 15 is 0 Å². The number of nitrogens with zero attached hydrogens (tertiary/aromatic N) is 7. The van der Waals surface area contributed by atoms with Gasteiger partial charge in [-0.3, -0.25) is 4.90 Å². The molecule has 2 saturated heterocycles. The van der Waals surface area contributed by atoms with E-state index in [1.807, 2.05) is 12.1 Å². The second-order valence-corrected chi connectivity index (χ2v) is 12.3. The van der Waals surface area contributed by atoms with Crippen molar-refractivity contribution in [3.63, 3.8) is 0 Å². The van der Waals surface area contributed by atoms with Gasteiger partial charge in [-0.1, -0.05) is 35.9 Å². The lowest BCUT2D eigenvalue weighted by Crippen LogP contribution is -2.55. The Morgan fingerprint density at radius 2 is 1.88 bits per heavy atom. The molecule has 216 valence electrons. The van der Waals surface area contributed by atoms with Gasteiger partial charge in [0.05, 0.1) is 29.8 Å². The molecule has 2 atom stereocenters.